The lowest BCUT2D eigenvalue weighted by molar-refractivity contribution is -0.384. The average Bonchev–Trinajstić information content (AvgIpc) is 2.99. The highest BCUT2D eigenvalue weighted by Gasteiger charge is 2.15. The Morgan fingerprint density at radius 1 is 1.29 bits per heavy atom. The monoisotopic (exact) mass is 325 g/mol. The van der Waals surface area contributed by atoms with Crippen molar-refractivity contribution in [3.05, 3.63) is 56.8 Å². The van der Waals surface area contributed by atoms with E-state index in [9.17, 15) is 18.5 Å². The topological polar surface area (TPSA) is 102 Å². The Hall–Kier alpha value is -2.26. The molecular formula is C12H11N3O4S2. The third kappa shape index (κ3) is 3.64. The molecule has 21 heavy (non-hydrogen) atoms. The molecule has 110 valence electrons. The van der Waals surface area contributed by atoms with Crippen molar-refractivity contribution in [1.82, 2.24) is 4.83 Å². The standard InChI is InChI=1S/C12H11N3O4S2/c1-9(12-3-2-8-20-12)13-14-21(18,19)11-6-4-10(5-7-11)15(16)17/h2-8,14H,1H3. The Morgan fingerprint density at radius 2 is 1.95 bits per heavy atom. The lowest BCUT2D eigenvalue weighted by Gasteiger charge is -2.04. The van der Waals surface area contributed by atoms with Gasteiger partial charge in [0.05, 0.1) is 20.4 Å². The largest absolute Gasteiger partial charge is 0.276 e. The zero-order chi connectivity index (χ0) is 15.5. The molecule has 0 aliphatic carbocycles. The summed E-state index contributed by atoms with van der Waals surface area (Å²) in [6.45, 7) is 1.68. The number of nitro benzene ring substituents is 1. The number of nitrogens with one attached hydrogen (secondary N) is 1. The molecule has 0 atom stereocenters. The van der Waals surface area contributed by atoms with E-state index < -0.39 is 14.9 Å². The van der Waals surface area contributed by atoms with Crippen molar-refractivity contribution in [2.24, 2.45) is 5.10 Å². The first kappa shape index (κ1) is 15.1. The van der Waals surface area contributed by atoms with Crippen molar-refractivity contribution >= 4 is 32.8 Å². The zero-order valence-electron chi connectivity index (χ0n) is 10.9. The molecule has 0 aliphatic rings. The molecule has 0 aliphatic heterocycles. The molecule has 2 rings (SSSR count). The molecule has 0 fully saturated rings. The van der Waals surface area contributed by atoms with Crippen LogP contribution in [-0.2, 0) is 10.0 Å². The number of sulfonamides is 1. The van der Waals surface area contributed by atoms with Crippen molar-refractivity contribution in [3.8, 4) is 0 Å². The minimum Gasteiger partial charge on any atom is -0.258 e. The second kappa shape index (κ2) is 6.02. The summed E-state index contributed by atoms with van der Waals surface area (Å²) >= 11 is 1.44. The van der Waals surface area contributed by atoms with Crippen LogP contribution in [-0.4, -0.2) is 19.1 Å². The highest BCUT2D eigenvalue weighted by molar-refractivity contribution is 7.89. The summed E-state index contributed by atoms with van der Waals surface area (Å²) in [6.07, 6.45) is 0. The molecule has 0 bridgehead atoms. The lowest BCUT2D eigenvalue weighted by Crippen LogP contribution is -2.19. The summed E-state index contributed by atoms with van der Waals surface area (Å²) < 4.78 is 24.0. The number of benzene rings is 1. The molecule has 0 saturated heterocycles. The highest BCUT2D eigenvalue weighted by atomic mass is 32.2. The van der Waals surface area contributed by atoms with Gasteiger partial charge in [0.2, 0.25) is 0 Å². The Balaban J connectivity index is 2.18. The minimum absolute atomic E-state index is 0.0872. The van der Waals surface area contributed by atoms with Crippen LogP contribution in [0.1, 0.15) is 11.8 Å². The van der Waals surface area contributed by atoms with Gasteiger partial charge in [-0.1, -0.05) is 6.07 Å². The smallest absolute Gasteiger partial charge is 0.258 e. The third-order valence-electron chi connectivity index (χ3n) is 2.57. The molecule has 1 aromatic carbocycles. The molecule has 7 nitrogen and oxygen atoms in total. The maximum Gasteiger partial charge on any atom is 0.276 e. The van der Waals surface area contributed by atoms with Crippen LogP contribution in [0.25, 0.3) is 0 Å². The Labute approximate surface area is 125 Å². The summed E-state index contributed by atoms with van der Waals surface area (Å²) in [4.78, 5) is 12.8. The number of nitro groups is 1. The fraction of sp³-hybridized carbons (Fsp3) is 0.0833. The van der Waals surface area contributed by atoms with E-state index in [4.69, 9.17) is 0 Å². The van der Waals surface area contributed by atoms with Crippen molar-refractivity contribution in [2.75, 3.05) is 0 Å². The lowest BCUT2D eigenvalue weighted by atomic mass is 10.3. The summed E-state index contributed by atoms with van der Waals surface area (Å²) in [5.74, 6) is 0. The average molecular weight is 325 g/mol. The van der Waals surface area contributed by atoms with E-state index in [1.54, 1.807) is 6.92 Å². The molecule has 2 aromatic rings. The SMILES string of the molecule is CC(=NNS(=O)(=O)c1ccc([N+](=O)[O-])cc1)c1cccs1. The summed E-state index contributed by atoms with van der Waals surface area (Å²) in [7, 11) is -3.84. The molecule has 1 aromatic heterocycles. The number of hydrogen-bond acceptors (Lipinski definition) is 6. The first-order valence-corrected chi connectivity index (χ1v) is 8.11. The van der Waals surface area contributed by atoms with E-state index >= 15 is 0 Å². The van der Waals surface area contributed by atoms with Crippen LogP contribution in [0.2, 0.25) is 0 Å². The molecule has 1 N–H and O–H groups in total. The van der Waals surface area contributed by atoms with Gasteiger partial charge in [-0.25, -0.2) is 0 Å². The van der Waals surface area contributed by atoms with Gasteiger partial charge in [0, 0.05) is 12.1 Å². The second-order valence-electron chi connectivity index (χ2n) is 4.02. The maximum absolute atomic E-state index is 12.0. The highest BCUT2D eigenvalue weighted by Crippen LogP contribution is 2.16. The van der Waals surface area contributed by atoms with Crippen LogP contribution in [0, 0.1) is 10.1 Å². The van der Waals surface area contributed by atoms with Gasteiger partial charge in [-0.15, -0.1) is 11.3 Å². The van der Waals surface area contributed by atoms with Crippen LogP contribution in [0.5, 0.6) is 0 Å². The molecule has 0 saturated carbocycles. The molecule has 0 amide bonds. The van der Waals surface area contributed by atoms with Crippen molar-refractivity contribution in [2.45, 2.75) is 11.8 Å². The van der Waals surface area contributed by atoms with Crippen molar-refractivity contribution in [1.29, 1.82) is 0 Å². The normalized spacial score (nSPS) is 12.1. The Bertz CT molecular complexity index is 765. The van der Waals surface area contributed by atoms with Gasteiger partial charge < -0.3 is 0 Å². The second-order valence-corrected chi connectivity index (χ2v) is 6.63. The van der Waals surface area contributed by atoms with E-state index in [-0.39, 0.29) is 10.6 Å². The number of non-ortho nitro benzene ring substituents is 1. The number of hydrogen-bond donors (Lipinski definition) is 1. The van der Waals surface area contributed by atoms with Crippen LogP contribution < -0.4 is 4.83 Å². The predicted molar refractivity (Wildman–Crippen MR) is 79.9 cm³/mol. The van der Waals surface area contributed by atoms with Crippen LogP contribution in [0.15, 0.2) is 51.8 Å². The van der Waals surface area contributed by atoms with Gasteiger partial charge in [0.1, 0.15) is 0 Å². The molecule has 9 heteroatoms. The van der Waals surface area contributed by atoms with Crippen LogP contribution in [0.4, 0.5) is 5.69 Å². The molecule has 1 heterocycles. The summed E-state index contributed by atoms with van der Waals surface area (Å²) in [6, 6.07) is 8.25. The van der Waals surface area contributed by atoms with Gasteiger partial charge in [0.15, 0.2) is 0 Å². The number of rotatable bonds is 5. The zero-order valence-corrected chi connectivity index (χ0v) is 12.5. The summed E-state index contributed by atoms with van der Waals surface area (Å²) in [5, 5.41) is 16.2. The fourth-order valence-electron chi connectivity index (χ4n) is 1.47. The first-order valence-electron chi connectivity index (χ1n) is 5.74. The molecule has 0 unspecified atom stereocenters. The van der Waals surface area contributed by atoms with E-state index in [0.717, 1.165) is 29.1 Å². The Morgan fingerprint density at radius 3 is 2.48 bits per heavy atom. The van der Waals surface area contributed by atoms with Gasteiger partial charge >= 0.3 is 0 Å². The number of hydrazone groups is 1. The van der Waals surface area contributed by atoms with Gasteiger partial charge in [-0.2, -0.15) is 18.4 Å². The van der Waals surface area contributed by atoms with Crippen molar-refractivity contribution < 1.29 is 13.3 Å². The minimum atomic E-state index is -3.84. The third-order valence-corrected chi connectivity index (χ3v) is 4.77. The molecular weight excluding hydrogens is 314 g/mol. The van der Waals surface area contributed by atoms with E-state index in [1.165, 1.54) is 11.3 Å². The quantitative estimate of drug-likeness (QED) is 0.518. The van der Waals surface area contributed by atoms with Gasteiger partial charge in [0.25, 0.3) is 15.7 Å². The predicted octanol–water partition coefficient (Wildman–Crippen LogP) is 2.36. The van der Waals surface area contributed by atoms with E-state index in [2.05, 4.69) is 9.93 Å². The summed E-state index contributed by atoms with van der Waals surface area (Å²) in [5.41, 5.74) is 0.364. The molecule has 0 radical (unpaired) electrons. The number of thiophene rings is 1. The maximum atomic E-state index is 12.0. The fourth-order valence-corrected chi connectivity index (χ4v) is 3.00. The first-order chi connectivity index (χ1) is 9.90. The van der Waals surface area contributed by atoms with E-state index in [1.807, 2.05) is 17.5 Å². The number of nitrogens with zero attached hydrogens (tertiary/aromatic N) is 2. The van der Waals surface area contributed by atoms with Gasteiger partial charge in [-0.05, 0) is 30.5 Å². The van der Waals surface area contributed by atoms with Crippen LogP contribution >= 0.6 is 11.3 Å². The van der Waals surface area contributed by atoms with E-state index in [0.29, 0.717) is 5.71 Å². The van der Waals surface area contributed by atoms with Crippen LogP contribution in [0.3, 0.4) is 0 Å². The molecule has 0 spiro atoms. The van der Waals surface area contributed by atoms with Crippen molar-refractivity contribution in [3.63, 3.8) is 0 Å². The Kier molecular flexibility index (Phi) is 4.34. The van der Waals surface area contributed by atoms with Gasteiger partial charge in [-0.3, -0.25) is 10.1 Å².